The van der Waals surface area contributed by atoms with Crippen molar-refractivity contribution >= 4 is 11.6 Å². The van der Waals surface area contributed by atoms with Gasteiger partial charge in [-0.3, -0.25) is 4.79 Å². The Morgan fingerprint density at radius 2 is 2.16 bits per heavy atom. The van der Waals surface area contributed by atoms with Crippen LogP contribution in [0, 0.1) is 0 Å². The summed E-state index contributed by atoms with van der Waals surface area (Å²) in [6, 6.07) is 7.24. The molecule has 5 heteroatoms. The van der Waals surface area contributed by atoms with E-state index >= 15 is 0 Å². The molecular weight excluding hydrogens is 244 g/mol. The lowest BCUT2D eigenvalue weighted by Crippen LogP contribution is -2.36. The maximum atomic E-state index is 11.8. The lowest BCUT2D eigenvalue weighted by Gasteiger charge is -2.21. The van der Waals surface area contributed by atoms with Gasteiger partial charge in [-0.05, 0) is 32.9 Å². The first kappa shape index (κ1) is 15.0. The Kier molecular flexibility index (Phi) is 5.36. The van der Waals surface area contributed by atoms with Crippen LogP contribution in [0.15, 0.2) is 29.4 Å². The van der Waals surface area contributed by atoms with Crippen molar-refractivity contribution in [3.63, 3.8) is 0 Å². The molecule has 0 heterocycles. The summed E-state index contributed by atoms with van der Waals surface area (Å²) in [4.78, 5) is 13.4. The van der Waals surface area contributed by atoms with Crippen LogP contribution in [-0.2, 0) is 4.79 Å². The van der Waals surface area contributed by atoms with Gasteiger partial charge in [0.1, 0.15) is 5.75 Å². The minimum Gasteiger partial charge on any atom is -0.484 e. The summed E-state index contributed by atoms with van der Waals surface area (Å²) in [5, 5.41) is 11.8. The van der Waals surface area contributed by atoms with Crippen molar-refractivity contribution in [1.29, 1.82) is 0 Å². The van der Waals surface area contributed by atoms with Crippen LogP contribution in [0.1, 0.15) is 26.3 Å². The molecule has 104 valence electrons. The summed E-state index contributed by atoms with van der Waals surface area (Å²) in [6.07, 6.45) is 0. The van der Waals surface area contributed by atoms with E-state index < -0.39 is 0 Å². The predicted molar refractivity (Wildman–Crippen MR) is 73.8 cm³/mol. The largest absolute Gasteiger partial charge is 0.484 e. The first-order valence-corrected chi connectivity index (χ1v) is 6.13. The summed E-state index contributed by atoms with van der Waals surface area (Å²) in [7, 11) is 1.75. The maximum Gasteiger partial charge on any atom is 0.260 e. The summed E-state index contributed by atoms with van der Waals surface area (Å²) in [5.74, 6) is 0.499. The molecule has 0 bridgehead atoms. The van der Waals surface area contributed by atoms with Crippen LogP contribution in [0.2, 0.25) is 0 Å². The first-order chi connectivity index (χ1) is 8.95. The number of carbonyl (C=O) groups excluding carboxylic acids is 1. The fourth-order valence-electron chi connectivity index (χ4n) is 1.40. The number of likely N-dealkylation sites (N-methyl/N-ethyl adjacent to an activating group) is 1. The molecule has 0 aliphatic rings. The van der Waals surface area contributed by atoms with E-state index in [1.165, 1.54) is 0 Å². The van der Waals surface area contributed by atoms with E-state index in [4.69, 9.17) is 9.94 Å². The number of nitrogens with zero attached hydrogens (tertiary/aromatic N) is 2. The molecule has 1 N–H and O–H groups in total. The van der Waals surface area contributed by atoms with Crippen LogP contribution in [0.25, 0.3) is 0 Å². The molecule has 0 aromatic heterocycles. The molecule has 0 unspecified atom stereocenters. The number of carbonyl (C=O) groups is 1. The highest BCUT2D eigenvalue weighted by Gasteiger charge is 2.12. The molecule has 19 heavy (non-hydrogen) atoms. The second-order valence-electron chi connectivity index (χ2n) is 4.60. The van der Waals surface area contributed by atoms with Gasteiger partial charge in [0.05, 0.1) is 5.71 Å². The molecule has 5 nitrogen and oxygen atoms in total. The van der Waals surface area contributed by atoms with E-state index in [2.05, 4.69) is 5.16 Å². The fourth-order valence-corrected chi connectivity index (χ4v) is 1.40. The van der Waals surface area contributed by atoms with Crippen LogP contribution in [0.5, 0.6) is 5.75 Å². The van der Waals surface area contributed by atoms with E-state index in [-0.39, 0.29) is 18.6 Å². The van der Waals surface area contributed by atoms with Crippen molar-refractivity contribution in [3.05, 3.63) is 29.8 Å². The molecule has 0 aliphatic heterocycles. The van der Waals surface area contributed by atoms with Crippen molar-refractivity contribution < 1.29 is 14.7 Å². The Labute approximate surface area is 113 Å². The smallest absolute Gasteiger partial charge is 0.260 e. The van der Waals surface area contributed by atoms with Crippen LogP contribution in [0.4, 0.5) is 0 Å². The minimum absolute atomic E-state index is 0.00650. The summed E-state index contributed by atoms with van der Waals surface area (Å²) < 4.78 is 5.45. The molecule has 0 aliphatic carbocycles. The molecular formula is C14H20N2O3. The number of ether oxygens (including phenoxy) is 1. The van der Waals surface area contributed by atoms with Crippen molar-refractivity contribution in [2.45, 2.75) is 26.8 Å². The van der Waals surface area contributed by atoms with Crippen molar-refractivity contribution in [2.75, 3.05) is 13.7 Å². The highest BCUT2D eigenvalue weighted by molar-refractivity contribution is 5.98. The van der Waals surface area contributed by atoms with E-state index in [1.54, 1.807) is 37.1 Å². The zero-order valence-electron chi connectivity index (χ0n) is 11.8. The maximum absolute atomic E-state index is 11.8. The highest BCUT2D eigenvalue weighted by Crippen LogP contribution is 2.14. The Morgan fingerprint density at radius 1 is 1.47 bits per heavy atom. The average molecular weight is 264 g/mol. The molecule has 0 saturated heterocycles. The molecule has 1 rings (SSSR count). The topological polar surface area (TPSA) is 62.1 Å². The zero-order chi connectivity index (χ0) is 14.4. The molecule has 1 aromatic carbocycles. The third-order valence-electron chi connectivity index (χ3n) is 2.93. The third-order valence-corrected chi connectivity index (χ3v) is 2.93. The van der Waals surface area contributed by atoms with E-state index in [0.717, 1.165) is 5.56 Å². The van der Waals surface area contributed by atoms with Gasteiger partial charge in [-0.25, -0.2) is 0 Å². The van der Waals surface area contributed by atoms with Gasteiger partial charge in [0.25, 0.3) is 5.91 Å². The number of oxime groups is 1. The Hall–Kier alpha value is -2.04. The SMILES string of the molecule is C/C(=N\O)c1cccc(OCC(=O)N(C)C(C)C)c1. The van der Waals surface area contributed by atoms with Gasteiger partial charge in [0.2, 0.25) is 0 Å². The number of amides is 1. The molecule has 0 radical (unpaired) electrons. The monoisotopic (exact) mass is 264 g/mol. The highest BCUT2D eigenvalue weighted by atomic mass is 16.5. The Balaban J connectivity index is 2.66. The standard InChI is InChI=1S/C14H20N2O3/c1-10(2)16(4)14(17)9-19-13-7-5-6-12(8-13)11(3)15-18/h5-8,10,18H,9H2,1-4H3/b15-11+. The normalized spacial score (nSPS) is 11.5. The van der Waals surface area contributed by atoms with Crippen LogP contribution in [-0.4, -0.2) is 41.4 Å². The molecule has 0 spiro atoms. The molecule has 1 amide bonds. The number of hydrogen-bond acceptors (Lipinski definition) is 4. The van der Waals surface area contributed by atoms with Gasteiger partial charge in [0, 0.05) is 18.7 Å². The second kappa shape index (κ2) is 6.78. The molecule has 0 saturated carbocycles. The Bertz CT molecular complexity index is 470. The fraction of sp³-hybridized carbons (Fsp3) is 0.429. The lowest BCUT2D eigenvalue weighted by atomic mass is 10.1. The third kappa shape index (κ3) is 4.28. The van der Waals surface area contributed by atoms with Gasteiger partial charge in [-0.15, -0.1) is 0 Å². The van der Waals surface area contributed by atoms with Gasteiger partial charge in [-0.1, -0.05) is 17.3 Å². The van der Waals surface area contributed by atoms with Crippen molar-refractivity contribution in [3.8, 4) is 5.75 Å². The predicted octanol–water partition coefficient (Wildman–Crippen LogP) is 2.13. The Morgan fingerprint density at radius 3 is 2.74 bits per heavy atom. The van der Waals surface area contributed by atoms with E-state index in [1.807, 2.05) is 19.9 Å². The molecule has 0 fully saturated rings. The summed E-state index contributed by atoms with van der Waals surface area (Å²) in [5.41, 5.74) is 1.25. The summed E-state index contributed by atoms with van der Waals surface area (Å²) in [6.45, 7) is 5.57. The molecule has 1 aromatic rings. The summed E-state index contributed by atoms with van der Waals surface area (Å²) >= 11 is 0. The van der Waals surface area contributed by atoms with Gasteiger partial charge in [0.15, 0.2) is 6.61 Å². The van der Waals surface area contributed by atoms with Crippen molar-refractivity contribution in [1.82, 2.24) is 4.90 Å². The van der Waals surface area contributed by atoms with Crippen molar-refractivity contribution in [2.24, 2.45) is 5.16 Å². The van der Waals surface area contributed by atoms with E-state index in [0.29, 0.717) is 11.5 Å². The second-order valence-corrected chi connectivity index (χ2v) is 4.60. The van der Waals surface area contributed by atoms with E-state index in [9.17, 15) is 4.79 Å². The number of benzene rings is 1. The molecule has 0 atom stereocenters. The lowest BCUT2D eigenvalue weighted by molar-refractivity contribution is -0.133. The minimum atomic E-state index is -0.0760. The number of rotatable bonds is 5. The zero-order valence-corrected chi connectivity index (χ0v) is 11.8. The first-order valence-electron chi connectivity index (χ1n) is 6.13. The van der Waals surface area contributed by atoms with Crippen LogP contribution >= 0.6 is 0 Å². The van der Waals surface area contributed by atoms with Gasteiger partial charge < -0.3 is 14.8 Å². The quantitative estimate of drug-likeness (QED) is 0.503. The number of hydrogen-bond donors (Lipinski definition) is 1. The average Bonchev–Trinajstić information content (AvgIpc) is 2.43. The van der Waals surface area contributed by atoms with Gasteiger partial charge in [-0.2, -0.15) is 0 Å². The van der Waals surface area contributed by atoms with Gasteiger partial charge >= 0.3 is 0 Å². The van der Waals surface area contributed by atoms with Crippen LogP contribution in [0.3, 0.4) is 0 Å². The van der Waals surface area contributed by atoms with Crippen LogP contribution < -0.4 is 4.74 Å².